The highest BCUT2D eigenvalue weighted by molar-refractivity contribution is 7.92. The van der Waals surface area contributed by atoms with Crippen LogP contribution in [0.15, 0.2) is 84.0 Å². The Kier molecular flexibility index (Phi) is 4.98. The molecule has 4 aromatic rings. The fourth-order valence-electron chi connectivity index (χ4n) is 3.30. The maximum atomic E-state index is 13.6. The lowest BCUT2D eigenvalue weighted by molar-refractivity contribution is 0.411. The van der Waals surface area contributed by atoms with Crippen LogP contribution in [0.3, 0.4) is 0 Å². The van der Waals surface area contributed by atoms with Crippen molar-refractivity contribution < 1.29 is 13.2 Å². The lowest BCUT2D eigenvalue weighted by Crippen LogP contribution is -2.31. The highest BCUT2D eigenvalue weighted by Gasteiger charge is 2.26. The van der Waals surface area contributed by atoms with Crippen molar-refractivity contribution in [1.29, 1.82) is 0 Å². The van der Waals surface area contributed by atoms with Crippen LogP contribution in [-0.2, 0) is 16.6 Å². The van der Waals surface area contributed by atoms with Crippen LogP contribution in [0.5, 0.6) is 5.75 Å². The van der Waals surface area contributed by atoms with Crippen molar-refractivity contribution >= 4 is 21.4 Å². The van der Waals surface area contributed by atoms with Crippen LogP contribution in [0.25, 0.3) is 5.65 Å². The number of pyridine rings is 1. The van der Waals surface area contributed by atoms with E-state index in [1.54, 1.807) is 43.6 Å². The van der Waals surface area contributed by atoms with Crippen LogP contribution in [0.1, 0.15) is 11.3 Å². The van der Waals surface area contributed by atoms with Crippen molar-refractivity contribution in [2.45, 2.75) is 18.4 Å². The molecule has 2 aromatic carbocycles. The number of ether oxygens (including phenoxy) is 1. The van der Waals surface area contributed by atoms with E-state index >= 15 is 0 Å². The maximum Gasteiger partial charge on any atom is 0.264 e. The number of methoxy groups -OCH3 is 1. The summed E-state index contributed by atoms with van der Waals surface area (Å²) in [5, 5.41) is 0. The van der Waals surface area contributed by atoms with Crippen LogP contribution in [0.4, 0.5) is 5.69 Å². The maximum absolute atomic E-state index is 13.6. The van der Waals surface area contributed by atoms with E-state index in [1.807, 2.05) is 53.9 Å². The van der Waals surface area contributed by atoms with Gasteiger partial charge in [0.05, 0.1) is 36.1 Å². The van der Waals surface area contributed by atoms with Gasteiger partial charge in [-0.3, -0.25) is 4.31 Å². The normalized spacial score (nSPS) is 11.5. The third-order valence-corrected chi connectivity index (χ3v) is 6.57. The monoisotopic (exact) mass is 407 g/mol. The number of imidazole rings is 1. The molecule has 0 N–H and O–H groups in total. The molecule has 0 bridgehead atoms. The fraction of sp³-hybridized carbons (Fsp3) is 0.136. The summed E-state index contributed by atoms with van der Waals surface area (Å²) in [7, 11) is -2.24. The molecule has 2 heterocycles. The molecule has 0 aliphatic carbocycles. The second-order valence-electron chi connectivity index (χ2n) is 6.66. The van der Waals surface area contributed by atoms with Gasteiger partial charge in [0, 0.05) is 6.20 Å². The summed E-state index contributed by atoms with van der Waals surface area (Å²) in [6, 6.07) is 19.7. The first kappa shape index (κ1) is 19.0. The number of fused-ring (bicyclic) bond motifs is 1. The predicted molar refractivity (Wildman–Crippen MR) is 113 cm³/mol. The molecule has 29 heavy (non-hydrogen) atoms. The molecule has 0 aliphatic rings. The summed E-state index contributed by atoms with van der Waals surface area (Å²) in [6.45, 7) is 1.98. The summed E-state index contributed by atoms with van der Waals surface area (Å²) < 4.78 is 35.8. The quantitative estimate of drug-likeness (QED) is 0.484. The molecule has 0 fully saturated rings. The zero-order valence-corrected chi connectivity index (χ0v) is 17.0. The first-order valence-electron chi connectivity index (χ1n) is 9.14. The third kappa shape index (κ3) is 3.56. The van der Waals surface area contributed by atoms with Gasteiger partial charge in [0.2, 0.25) is 0 Å². The molecule has 0 saturated heterocycles. The van der Waals surface area contributed by atoms with E-state index in [4.69, 9.17) is 4.74 Å². The van der Waals surface area contributed by atoms with E-state index in [-0.39, 0.29) is 11.4 Å². The van der Waals surface area contributed by atoms with Gasteiger partial charge in [-0.15, -0.1) is 0 Å². The Morgan fingerprint density at radius 1 is 1.03 bits per heavy atom. The SMILES string of the molecule is COc1ccc(S(=O)(=O)N(Cc2cnc3ccccn23)c2ccccc2)cc1C. The minimum absolute atomic E-state index is 0.155. The Balaban J connectivity index is 1.81. The molecule has 0 radical (unpaired) electrons. The van der Waals surface area contributed by atoms with Gasteiger partial charge in [0.25, 0.3) is 10.0 Å². The van der Waals surface area contributed by atoms with Crippen molar-refractivity contribution in [2.75, 3.05) is 11.4 Å². The molecular weight excluding hydrogens is 386 g/mol. The van der Waals surface area contributed by atoms with E-state index in [2.05, 4.69) is 4.98 Å². The average Bonchev–Trinajstić information content (AvgIpc) is 3.15. The van der Waals surface area contributed by atoms with Gasteiger partial charge < -0.3 is 9.14 Å². The van der Waals surface area contributed by atoms with Crippen LogP contribution < -0.4 is 9.04 Å². The van der Waals surface area contributed by atoms with Crippen LogP contribution in [-0.4, -0.2) is 24.9 Å². The molecule has 148 valence electrons. The lowest BCUT2D eigenvalue weighted by atomic mass is 10.2. The minimum Gasteiger partial charge on any atom is -0.496 e. The Morgan fingerprint density at radius 3 is 2.52 bits per heavy atom. The standard InChI is InChI=1S/C22H21N3O3S/c1-17-14-20(11-12-21(17)28-2)29(26,27)25(18-8-4-3-5-9-18)16-19-15-23-22-10-6-7-13-24(19)22/h3-15H,16H2,1-2H3. The van der Waals surface area contributed by atoms with Crippen LogP contribution in [0, 0.1) is 6.92 Å². The van der Waals surface area contributed by atoms with Crippen molar-refractivity contribution in [3.8, 4) is 5.75 Å². The van der Waals surface area contributed by atoms with Gasteiger partial charge in [-0.25, -0.2) is 13.4 Å². The summed E-state index contributed by atoms with van der Waals surface area (Å²) in [5.74, 6) is 0.650. The second-order valence-corrected chi connectivity index (χ2v) is 8.52. The second kappa shape index (κ2) is 7.60. The van der Waals surface area contributed by atoms with Crippen LogP contribution >= 0.6 is 0 Å². The number of hydrogen-bond donors (Lipinski definition) is 0. The number of benzene rings is 2. The lowest BCUT2D eigenvalue weighted by Gasteiger charge is -2.24. The molecule has 0 aliphatic heterocycles. The van der Waals surface area contributed by atoms with Gasteiger partial charge in [-0.2, -0.15) is 0 Å². The summed E-state index contributed by atoms with van der Waals surface area (Å²) in [4.78, 5) is 4.60. The molecule has 7 heteroatoms. The van der Waals surface area contributed by atoms with Crippen LogP contribution in [0.2, 0.25) is 0 Å². The Bertz CT molecular complexity index is 1250. The smallest absolute Gasteiger partial charge is 0.264 e. The van der Waals surface area contributed by atoms with Crippen molar-refractivity contribution in [3.63, 3.8) is 0 Å². The first-order chi connectivity index (χ1) is 14.0. The zero-order valence-electron chi connectivity index (χ0n) is 16.2. The molecular formula is C22H21N3O3S. The number of sulfonamides is 1. The number of anilines is 1. The van der Waals surface area contributed by atoms with Gasteiger partial charge in [0.1, 0.15) is 11.4 Å². The molecule has 0 atom stereocenters. The molecule has 0 unspecified atom stereocenters. The van der Waals surface area contributed by atoms with Gasteiger partial charge >= 0.3 is 0 Å². The fourth-order valence-corrected chi connectivity index (χ4v) is 4.82. The summed E-state index contributed by atoms with van der Waals surface area (Å²) >= 11 is 0. The highest BCUT2D eigenvalue weighted by atomic mass is 32.2. The summed E-state index contributed by atoms with van der Waals surface area (Å²) in [6.07, 6.45) is 3.59. The van der Waals surface area contributed by atoms with Crippen molar-refractivity contribution in [1.82, 2.24) is 9.38 Å². The topological polar surface area (TPSA) is 63.9 Å². The number of aromatic nitrogens is 2. The highest BCUT2D eigenvalue weighted by Crippen LogP contribution is 2.28. The average molecular weight is 407 g/mol. The van der Waals surface area contributed by atoms with E-state index < -0.39 is 10.0 Å². The largest absolute Gasteiger partial charge is 0.496 e. The number of aryl methyl sites for hydroxylation is 1. The first-order valence-corrected chi connectivity index (χ1v) is 10.6. The molecule has 6 nitrogen and oxygen atoms in total. The van der Waals surface area contributed by atoms with E-state index in [0.717, 1.165) is 16.9 Å². The molecule has 4 rings (SSSR count). The summed E-state index contributed by atoms with van der Waals surface area (Å²) in [5.41, 5.74) is 2.90. The van der Waals surface area contributed by atoms with Gasteiger partial charge in [-0.05, 0) is 55.0 Å². The molecule has 2 aromatic heterocycles. The Labute approximate surface area is 170 Å². The molecule has 0 saturated carbocycles. The van der Waals surface area contributed by atoms with Crippen molar-refractivity contribution in [2.24, 2.45) is 0 Å². The van der Waals surface area contributed by atoms with Crippen molar-refractivity contribution in [3.05, 3.63) is 90.4 Å². The number of nitrogens with zero attached hydrogens (tertiary/aromatic N) is 3. The Hall–Kier alpha value is -3.32. The van der Waals surface area contributed by atoms with Gasteiger partial charge in [-0.1, -0.05) is 24.3 Å². The molecule has 0 spiro atoms. The van der Waals surface area contributed by atoms with E-state index in [1.165, 1.54) is 4.31 Å². The Morgan fingerprint density at radius 2 is 1.79 bits per heavy atom. The number of para-hydroxylation sites is 1. The predicted octanol–water partition coefficient (Wildman–Crippen LogP) is 4.05. The van der Waals surface area contributed by atoms with E-state index in [0.29, 0.717) is 11.4 Å². The van der Waals surface area contributed by atoms with Gasteiger partial charge in [0.15, 0.2) is 0 Å². The zero-order chi connectivity index (χ0) is 20.4. The third-order valence-electron chi connectivity index (χ3n) is 4.80. The minimum atomic E-state index is -3.81. The van der Waals surface area contributed by atoms with E-state index in [9.17, 15) is 8.42 Å². The number of hydrogen-bond acceptors (Lipinski definition) is 4. The molecule has 0 amide bonds. The number of rotatable bonds is 6.